The van der Waals surface area contributed by atoms with Crippen LogP contribution in [0.15, 0.2) is 0 Å². The number of nitrogens with zero attached hydrogens (tertiary/aromatic N) is 1. The van der Waals surface area contributed by atoms with E-state index in [1.54, 1.807) is 11.8 Å². The highest BCUT2D eigenvalue weighted by molar-refractivity contribution is 6.74. The van der Waals surface area contributed by atoms with E-state index in [2.05, 4.69) is 33.9 Å². The van der Waals surface area contributed by atoms with E-state index in [4.69, 9.17) is 14.3 Å². The molecule has 2 N–H and O–H groups in total. The van der Waals surface area contributed by atoms with E-state index >= 15 is 0 Å². The lowest BCUT2D eigenvalue weighted by Crippen LogP contribution is -2.48. The number of likely N-dealkylation sites (tertiary alicyclic amines) is 1. The topological polar surface area (TPSA) is 79.2 Å². The molecule has 1 fully saturated rings. The quantitative estimate of drug-likeness (QED) is 0.590. The minimum absolute atomic E-state index is 0.0250. The standard InChI is InChI=1S/C16H33NO5Si/c1-12(22-23(5,6)16(2,3)4)14(19)21-15(20)17-9-7-13(11-18)8-10-17/h12-14,18-19H,7-11H2,1-6H3/t12-,14?/m0/s1. The van der Waals surface area contributed by atoms with Crippen molar-refractivity contribution in [2.45, 2.75) is 71.1 Å². The van der Waals surface area contributed by atoms with Crippen LogP contribution < -0.4 is 0 Å². The van der Waals surface area contributed by atoms with Crippen LogP contribution in [0.25, 0.3) is 0 Å². The van der Waals surface area contributed by atoms with E-state index in [9.17, 15) is 9.90 Å². The van der Waals surface area contributed by atoms with E-state index in [1.807, 2.05) is 0 Å². The lowest BCUT2D eigenvalue weighted by molar-refractivity contribution is -0.122. The van der Waals surface area contributed by atoms with Crippen molar-refractivity contribution in [1.29, 1.82) is 0 Å². The highest BCUT2D eigenvalue weighted by Crippen LogP contribution is 2.37. The molecule has 0 aromatic heterocycles. The largest absolute Gasteiger partial charge is 0.417 e. The molecule has 7 heteroatoms. The number of hydrogen-bond donors (Lipinski definition) is 2. The summed E-state index contributed by atoms with van der Waals surface area (Å²) >= 11 is 0. The number of rotatable bonds is 5. The summed E-state index contributed by atoms with van der Waals surface area (Å²) in [6.45, 7) is 13.5. The van der Waals surface area contributed by atoms with Gasteiger partial charge in [0.1, 0.15) is 6.10 Å². The molecule has 1 unspecified atom stereocenters. The fraction of sp³-hybridized carbons (Fsp3) is 0.938. The Morgan fingerprint density at radius 1 is 1.30 bits per heavy atom. The molecule has 1 heterocycles. The van der Waals surface area contributed by atoms with Gasteiger partial charge in [-0.3, -0.25) is 0 Å². The molecular weight excluding hydrogens is 314 g/mol. The molecular formula is C16H33NO5Si. The Morgan fingerprint density at radius 3 is 2.26 bits per heavy atom. The molecule has 0 bridgehead atoms. The van der Waals surface area contributed by atoms with Gasteiger partial charge in [0.25, 0.3) is 0 Å². The van der Waals surface area contributed by atoms with E-state index < -0.39 is 26.8 Å². The minimum atomic E-state index is -2.03. The molecule has 1 rings (SSSR count). The Morgan fingerprint density at radius 2 is 1.83 bits per heavy atom. The predicted octanol–water partition coefficient (Wildman–Crippen LogP) is 2.56. The van der Waals surface area contributed by atoms with Crippen molar-refractivity contribution >= 4 is 14.4 Å². The van der Waals surface area contributed by atoms with Crippen LogP contribution in [0, 0.1) is 5.92 Å². The highest BCUT2D eigenvalue weighted by atomic mass is 28.4. The maximum atomic E-state index is 12.1. The average Bonchev–Trinajstić information content (AvgIpc) is 2.45. The number of carbonyl (C=O) groups excluding carboxylic acids is 1. The van der Waals surface area contributed by atoms with Gasteiger partial charge >= 0.3 is 6.09 Å². The molecule has 2 atom stereocenters. The van der Waals surface area contributed by atoms with Crippen LogP contribution in [0.3, 0.4) is 0 Å². The summed E-state index contributed by atoms with van der Waals surface area (Å²) in [6.07, 6.45) is -0.823. The van der Waals surface area contributed by atoms with Crippen LogP contribution in [0.2, 0.25) is 18.1 Å². The monoisotopic (exact) mass is 347 g/mol. The molecule has 1 aliphatic heterocycles. The van der Waals surface area contributed by atoms with Gasteiger partial charge in [-0.15, -0.1) is 0 Å². The maximum Gasteiger partial charge on any atom is 0.412 e. The predicted molar refractivity (Wildman–Crippen MR) is 91.6 cm³/mol. The van der Waals surface area contributed by atoms with Crippen molar-refractivity contribution in [2.75, 3.05) is 19.7 Å². The molecule has 1 saturated heterocycles. The summed E-state index contributed by atoms with van der Waals surface area (Å²) in [5, 5.41) is 19.3. The first-order valence-corrected chi connectivity index (χ1v) is 11.3. The van der Waals surface area contributed by atoms with E-state index in [0.29, 0.717) is 13.1 Å². The smallest absolute Gasteiger partial charge is 0.412 e. The molecule has 0 aliphatic carbocycles. The Bertz CT molecular complexity index is 388. The number of aliphatic hydroxyl groups is 2. The third kappa shape index (κ3) is 5.74. The number of aliphatic hydroxyl groups excluding tert-OH is 2. The van der Waals surface area contributed by atoms with Crippen molar-refractivity contribution in [3.05, 3.63) is 0 Å². The second-order valence-electron chi connectivity index (χ2n) is 7.97. The minimum Gasteiger partial charge on any atom is -0.417 e. The van der Waals surface area contributed by atoms with Crippen LogP contribution in [0.4, 0.5) is 4.79 Å². The van der Waals surface area contributed by atoms with Crippen LogP contribution in [-0.2, 0) is 9.16 Å². The average molecular weight is 348 g/mol. The molecule has 1 amide bonds. The first kappa shape index (κ1) is 20.4. The van der Waals surface area contributed by atoms with E-state index in [-0.39, 0.29) is 17.6 Å². The molecule has 0 radical (unpaired) electrons. The van der Waals surface area contributed by atoms with Gasteiger partial charge in [0.2, 0.25) is 6.29 Å². The van der Waals surface area contributed by atoms with Crippen molar-refractivity contribution in [3.8, 4) is 0 Å². The fourth-order valence-electron chi connectivity index (χ4n) is 2.27. The number of hydrogen-bond acceptors (Lipinski definition) is 5. The Labute approximate surface area is 140 Å². The summed E-state index contributed by atoms with van der Waals surface area (Å²) in [6, 6.07) is 0. The zero-order valence-electron chi connectivity index (χ0n) is 15.3. The second-order valence-corrected chi connectivity index (χ2v) is 12.7. The first-order chi connectivity index (χ1) is 10.5. The van der Waals surface area contributed by atoms with Crippen LogP contribution >= 0.6 is 0 Å². The second kappa shape index (κ2) is 7.96. The lowest BCUT2D eigenvalue weighted by Gasteiger charge is -2.39. The van der Waals surface area contributed by atoms with Crippen molar-refractivity contribution in [2.24, 2.45) is 5.92 Å². The summed E-state index contributed by atoms with van der Waals surface area (Å²) in [5.41, 5.74) is 0. The third-order valence-electron chi connectivity index (χ3n) is 5.04. The number of piperidine rings is 1. The molecule has 0 spiro atoms. The van der Waals surface area contributed by atoms with Crippen LogP contribution in [0.1, 0.15) is 40.5 Å². The van der Waals surface area contributed by atoms with Crippen LogP contribution in [0.5, 0.6) is 0 Å². The van der Waals surface area contributed by atoms with Gasteiger partial charge < -0.3 is 24.3 Å². The molecule has 23 heavy (non-hydrogen) atoms. The molecule has 136 valence electrons. The molecule has 0 aromatic carbocycles. The Hall–Kier alpha value is -0.633. The summed E-state index contributed by atoms with van der Waals surface area (Å²) in [5.74, 6) is 0.254. The first-order valence-electron chi connectivity index (χ1n) is 8.40. The van der Waals surface area contributed by atoms with Crippen molar-refractivity contribution in [3.63, 3.8) is 0 Å². The normalized spacial score (nSPS) is 20.3. The SMILES string of the molecule is C[C@H](O[Si](C)(C)C(C)(C)C)C(O)OC(=O)N1CCC(CO)CC1. The zero-order valence-corrected chi connectivity index (χ0v) is 16.3. The van der Waals surface area contributed by atoms with Gasteiger partial charge in [-0.2, -0.15) is 0 Å². The van der Waals surface area contributed by atoms with Gasteiger partial charge in [0, 0.05) is 19.7 Å². The Balaban J connectivity index is 2.49. The third-order valence-corrected chi connectivity index (χ3v) is 9.61. The summed E-state index contributed by atoms with van der Waals surface area (Å²) < 4.78 is 11.2. The molecule has 0 aromatic rings. The Kier molecular flexibility index (Phi) is 7.06. The van der Waals surface area contributed by atoms with Crippen LogP contribution in [-0.4, -0.2) is 61.6 Å². The lowest BCUT2D eigenvalue weighted by atomic mass is 9.98. The number of amides is 1. The molecule has 1 aliphatic rings. The summed E-state index contributed by atoms with van der Waals surface area (Å²) in [7, 11) is -2.03. The highest BCUT2D eigenvalue weighted by Gasteiger charge is 2.40. The molecule has 6 nitrogen and oxygen atoms in total. The van der Waals surface area contributed by atoms with Crippen molar-refractivity contribution in [1.82, 2.24) is 4.90 Å². The van der Waals surface area contributed by atoms with Gasteiger partial charge in [-0.25, -0.2) is 4.79 Å². The zero-order chi connectivity index (χ0) is 17.8. The van der Waals surface area contributed by atoms with Crippen molar-refractivity contribution < 1.29 is 24.2 Å². The summed E-state index contributed by atoms with van der Waals surface area (Å²) in [4.78, 5) is 13.7. The number of carbonyl (C=O) groups is 1. The molecule has 0 saturated carbocycles. The van der Waals surface area contributed by atoms with Gasteiger partial charge in [-0.1, -0.05) is 20.8 Å². The van der Waals surface area contributed by atoms with Gasteiger partial charge in [0.05, 0.1) is 0 Å². The van der Waals surface area contributed by atoms with E-state index in [1.165, 1.54) is 0 Å². The maximum absolute atomic E-state index is 12.1. The van der Waals surface area contributed by atoms with E-state index in [0.717, 1.165) is 12.8 Å². The van der Waals surface area contributed by atoms with Gasteiger partial charge in [0.15, 0.2) is 8.32 Å². The van der Waals surface area contributed by atoms with Gasteiger partial charge in [-0.05, 0) is 43.8 Å². The fourth-order valence-corrected chi connectivity index (χ4v) is 3.67. The number of ether oxygens (including phenoxy) is 1.